The standard InChI is InChI=1S/C25H24N2O3S/c1-30-20-11-7-16(8-12-20)13-18-14-22(28)27-21(15-31-25(27)23(18)17-9-10-17)24(29)26-19-5-3-2-4-6-19/h2-8,11-12,14,17,21H,9-10,13,15H2,1H3,(H,26,29). The van der Waals surface area contributed by atoms with Gasteiger partial charge in [-0.3, -0.25) is 14.2 Å². The van der Waals surface area contributed by atoms with Crippen molar-refractivity contribution < 1.29 is 9.53 Å². The molecule has 1 aromatic heterocycles. The highest BCUT2D eigenvalue weighted by atomic mass is 32.2. The van der Waals surface area contributed by atoms with E-state index in [4.69, 9.17) is 4.74 Å². The average molecular weight is 433 g/mol. The number of thioether (sulfide) groups is 1. The van der Waals surface area contributed by atoms with Crippen LogP contribution in [0.25, 0.3) is 0 Å². The Kier molecular flexibility index (Phi) is 5.32. The molecule has 1 saturated carbocycles. The van der Waals surface area contributed by atoms with Gasteiger partial charge in [-0.05, 0) is 66.1 Å². The second-order valence-electron chi connectivity index (χ2n) is 8.08. The highest BCUT2D eigenvalue weighted by Crippen LogP contribution is 2.48. The lowest BCUT2D eigenvalue weighted by molar-refractivity contribution is -0.118. The van der Waals surface area contributed by atoms with Gasteiger partial charge in [0.05, 0.1) is 12.1 Å². The predicted molar refractivity (Wildman–Crippen MR) is 123 cm³/mol. The number of amides is 1. The van der Waals surface area contributed by atoms with Gasteiger partial charge in [-0.2, -0.15) is 0 Å². The minimum atomic E-state index is -0.486. The van der Waals surface area contributed by atoms with E-state index < -0.39 is 6.04 Å². The van der Waals surface area contributed by atoms with E-state index in [0.717, 1.165) is 40.4 Å². The fourth-order valence-electron chi connectivity index (χ4n) is 4.20. The Hall–Kier alpha value is -2.99. The summed E-state index contributed by atoms with van der Waals surface area (Å²) in [5, 5.41) is 3.94. The highest BCUT2D eigenvalue weighted by Gasteiger charge is 2.37. The SMILES string of the molecule is COc1ccc(Cc2cc(=O)n3c(c2C2CC2)SCC3C(=O)Nc2ccccc2)cc1. The highest BCUT2D eigenvalue weighted by molar-refractivity contribution is 7.99. The second kappa shape index (κ2) is 8.27. The summed E-state index contributed by atoms with van der Waals surface area (Å²) in [5.41, 5.74) is 4.14. The minimum absolute atomic E-state index is 0.0962. The predicted octanol–water partition coefficient (Wildman–Crippen LogP) is 4.61. The van der Waals surface area contributed by atoms with Crippen LogP contribution in [0, 0.1) is 0 Å². The molecule has 31 heavy (non-hydrogen) atoms. The lowest BCUT2D eigenvalue weighted by Gasteiger charge is -2.18. The zero-order chi connectivity index (χ0) is 21.4. The topological polar surface area (TPSA) is 60.3 Å². The van der Waals surface area contributed by atoms with Gasteiger partial charge in [0, 0.05) is 17.5 Å². The zero-order valence-corrected chi connectivity index (χ0v) is 18.2. The van der Waals surface area contributed by atoms with Gasteiger partial charge < -0.3 is 10.1 Å². The molecule has 2 heterocycles. The second-order valence-corrected chi connectivity index (χ2v) is 9.09. The number of pyridine rings is 1. The molecule has 0 bridgehead atoms. The van der Waals surface area contributed by atoms with Gasteiger partial charge in [0.15, 0.2) is 0 Å². The van der Waals surface area contributed by atoms with E-state index in [-0.39, 0.29) is 11.5 Å². The molecule has 3 aromatic rings. The van der Waals surface area contributed by atoms with Crippen LogP contribution in [-0.2, 0) is 11.2 Å². The van der Waals surface area contributed by atoms with Gasteiger partial charge in [0.2, 0.25) is 5.91 Å². The van der Waals surface area contributed by atoms with E-state index in [0.29, 0.717) is 18.1 Å². The number of anilines is 1. The number of para-hydroxylation sites is 1. The molecule has 6 heteroatoms. The van der Waals surface area contributed by atoms with Crippen molar-refractivity contribution in [3.05, 3.63) is 87.7 Å². The van der Waals surface area contributed by atoms with Crippen LogP contribution < -0.4 is 15.6 Å². The van der Waals surface area contributed by atoms with E-state index in [1.54, 1.807) is 29.5 Å². The number of ether oxygens (including phenoxy) is 1. The van der Waals surface area contributed by atoms with E-state index in [1.165, 1.54) is 5.56 Å². The Labute approximate surface area is 185 Å². The number of fused-ring (bicyclic) bond motifs is 1. The van der Waals surface area contributed by atoms with Crippen LogP contribution in [0.3, 0.4) is 0 Å². The molecule has 1 aliphatic heterocycles. The minimum Gasteiger partial charge on any atom is -0.497 e. The summed E-state index contributed by atoms with van der Waals surface area (Å²) < 4.78 is 6.97. The number of hydrogen-bond acceptors (Lipinski definition) is 4. The third-order valence-corrected chi connectivity index (χ3v) is 7.08. The summed E-state index contributed by atoms with van der Waals surface area (Å²) in [4.78, 5) is 26.1. The van der Waals surface area contributed by atoms with Crippen LogP contribution in [-0.4, -0.2) is 23.3 Å². The summed E-state index contributed by atoms with van der Waals surface area (Å²) in [6, 6.07) is 18.6. The molecule has 5 nitrogen and oxygen atoms in total. The molecule has 1 N–H and O–H groups in total. The van der Waals surface area contributed by atoms with E-state index in [2.05, 4.69) is 5.32 Å². The zero-order valence-electron chi connectivity index (χ0n) is 17.3. The molecule has 1 fully saturated rings. The molecule has 0 radical (unpaired) electrons. The summed E-state index contributed by atoms with van der Waals surface area (Å²) in [6.45, 7) is 0. The molecule has 5 rings (SSSR count). The third-order valence-electron chi connectivity index (χ3n) is 5.90. The number of rotatable bonds is 6. The maximum absolute atomic E-state index is 13.1. The van der Waals surface area contributed by atoms with E-state index in [1.807, 2.05) is 54.6 Å². The fraction of sp³-hybridized carbons (Fsp3) is 0.280. The molecule has 0 spiro atoms. The summed E-state index contributed by atoms with van der Waals surface area (Å²) in [6.07, 6.45) is 2.99. The van der Waals surface area contributed by atoms with Gasteiger partial charge in [0.1, 0.15) is 11.8 Å². The van der Waals surface area contributed by atoms with Crippen molar-refractivity contribution in [3.8, 4) is 5.75 Å². The first-order chi connectivity index (χ1) is 15.1. The monoisotopic (exact) mass is 432 g/mol. The smallest absolute Gasteiger partial charge is 0.252 e. The van der Waals surface area contributed by atoms with Crippen molar-refractivity contribution in [3.63, 3.8) is 0 Å². The largest absolute Gasteiger partial charge is 0.497 e. The lowest BCUT2D eigenvalue weighted by Crippen LogP contribution is -2.33. The van der Waals surface area contributed by atoms with Crippen LogP contribution >= 0.6 is 11.8 Å². The summed E-state index contributed by atoms with van der Waals surface area (Å²) in [7, 11) is 1.66. The molecule has 158 valence electrons. The van der Waals surface area contributed by atoms with Gasteiger partial charge >= 0.3 is 0 Å². The number of nitrogens with zero attached hydrogens (tertiary/aromatic N) is 1. The van der Waals surface area contributed by atoms with Crippen LogP contribution in [0.4, 0.5) is 5.69 Å². The van der Waals surface area contributed by atoms with Crippen LogP contribution in [0.15, 0.2) is 70.5 Å². The van der Waals surface area contributed by atoms with Crippen LogP contribution in [0.1, 0.15) is 41.5 Å². The molecule has 1 amide bonds. The summed E-state index contributed by atoms with van der Waals surface area (Å²) in [5.74, 6) is 1.75. The average Bonchev–Trinajstić information content (AvgIpc) is 3.52. The first kappa shape index (κ1) is 19.9. The van der Waals surface area contributed by atoms with Crippen molar-refractivity contribution >= 4 is 23.4 Å². The Morgan fingerprint density at radius 1 is 1.13 bits per heavy atom. The number of carbonyl (C=O) groups excluding carboxylic acids is 1. The quantitative estimate of drug-likeness (QED) is 0.618. The van der Waals surface area contributed by atoms with E-state index >= 15 is 0 Å². The normalized spacial score (nSPS) is 17.3. The third kappa shape index (κ3) is 4.00. The van der Waals surface area contributed by atoms with Crippen molar-refractivity contribution in [1.82, 2.24) is 4.57 Å². The molecule has 1 atom stereocenters. The first-order valence-electron chi connectivity index (χ1n) is 10.5. The molecular weight excluding hydrogens is 408 g/mol. The van der Waals surface area contributed by atoms with Crippen molar-refractivity contribution in [1.29, 1.82) is 0 Å². The Morgan fingerprint density at radius 2 is 1.87 bits per heavy atom. The first-order valence-corrected chi connectivity index (χ1v) is 11.5. The number of carbonyl (C=O) groups is 1. The van der Waals surface area contributed by atoms with Gasteiger partial charge in [-0.15, -0.1) is 11.8 Å². The number of nitrogens with one attached hydrogen (secondary N) is 1. The molecule has 0 saturated heterocycles. The number of aromatic nitrogens is 1. The van der Waals surface area contributed by atoms with Gasteiger partial charge in [-0.1, -0.05) is 30.3 Å². The Balaban J connectivity index is 1.47. The molecule has 1 unspecified atom stereocenters. The van der Waals surface area contributed by atoms with E-state index in [9.17, 15) is 9.59 Å². The lowest BCUT2D eigenvalue weighted by atomic mass is 9.98. The maximum Gasteiger partial charge on any atom is 0.252 e. The van der Waals surface area contributed by atoms with Crippen molar-refractivity contribution in [2.24, 2.45) is 0 Å². The van der Waals surface area contributed by atoms with Crippen LogP contribution in [0.5, 0.6) is 5.75 Å². The van der Waals surface area contributed by atoms with Crippen molar-refractivity contribution in [2.75, 3.05) is 18.2 Å². The number of methoxy groups -OCH3 is 1. The number of hydrogen-bond donors (Lipinski definition) is 1. The Bertz CT molecular complexity index is 1170. The Morgan fingerprint density at radius 3 is 2.55 bits per heavy atom. The summed E-state index contributed by atoms with van der Waals surface area (Å²) >= 11 is 1.64. The van der Waals surface area contributed by atoms with Gasteiger partial charge in [-0.25, -0.2) is 0 Å². The van der Waals surface area contributed by atoms with Gasteiger partial charge in [0.25, 0.3) is 5.56 Å². The molecule has 2 aromatic carbocycles. The molecule has 2 aliphatic rings. The van der Waals surface area contributed by atoms with Crippen LogP contribution in [0.2, 0.25) is 0 Å². The van der Waals surface area contributed by atoms with Crippen molar-refractivity contribution in [2.45, 2.75) is 36.2 Å². The maximum atomic E-state index is 13.1. The molecule has 1 aliphatic carbocycles. The molecular formula is C25H24N2O3S. The number of benzene rings is 2. The fourth-order valence-corrected chi connectivity index (χ4v) is 5.62.